The average molecular weight is 241 g/mol. The SMILES string of the molecule is CC(C(=O)O)C1CN(C(=O)C2=COCCO2)C1. The van der Waals surface area contributed by atoms with Crippen LogP contribution in [0.1, 0.15) is 6.92 Å². The lowest BCUT2D eigenvalue weighted by Crippen LogP contribution is -2.54. The van der Waals surface area contributed by atoms with Crippen molar-refractivity contribution in [2.24, 2.45) is 11.8 Å². The van der Waals surface area contributed by atoms with Gasteiger partial charge < -0.3 is 19.5 Å². The molecule has 0 spiro atoms. The zero-order chi connectivity index (χ0) is 12.4. The third-order valence-electron chi connectivity index (χ3n) is 3.15. The molecule has 0 aliphatic carbocycles. The van der Waals surface area contributed by atoms with Gasteiger partial charge in [-0.25, -0.2) is 0 Å². The van der Waals surface area contributed by atoms with E-state index in [0.717, 1.165) is 0 Å². The number of carboxylic acid groups (broad SMARTS) is 1. The van der Waals surface area contributed by atoms with Gasteiger partial charge in [-0.3, -0.25) is 9.59 Å². The molecule has 6 heteroatoms. The topological polar surface area (TPSA) is 76.1 Å². The van der Waals surface area contributed by atoms with Gasteiger partial charge in [0.25, 0.3) is 5.91 Å². The Kier molecular flexibility index (Phi) is 3.21. The highest BCUT2D eigenvalue weighted by molar-refractivity contribution is 5.92. The number of carbonyl (C=O) groups is 2. The third kappa shape index (κ3) is 2.35. The number of hydrogen-bond acceptors (Lipinski definition) is 4. The predicted molar refractivity (Wildman–Crippen MR) is 56.9 cm³/mol. The molecule has 0 radical (unpaired) electrons. The number of nitrogens with zero attached hydrogens (tertiary/aromatic N) is 1. The van der Waals surface area contributed by atoms with Gasteiger partial charge in [0.2, 0.25) is 5.76 Å². The van der Waals surface area contributed by atoms with E-state index in [1.807, 2.05) is 0 Å². The second-order valence-electron chi connectivity index (χ2n) is 4.30. The monoisotopic (exact) mass is 241 g/mol. The normalized spacial score (nSPS) is 21.7. The number of carboxylic acids is 1. The first-order valence-corrected chi connectivity index (χ1v) is 5.56. The summed E-state index contributed by atoms with van der Waals surface area (Å²) < 4.78 is 10.2. The van der Waals surface area contributed by atoms with E-state index in [9.17, 15) is 9.59 Å². The Balaban J connectivity index is 1.85. The first kappa shape index (κ1) is 11.8. The molecule has 0 aromatic rings. The summed E-state index contributed by atoms with van der Waals surface area (Å²) in [7, 11) is 0. The molecule has 1 unspecified atom stereocenters. The van der Waals surface area contributed by atoms with Gasteiger partial charge in [-0.15, -0.1) is 0 Å². The zero-order valence-corrected chi connectivity index (χ0v) is 9.59. The van der Waals surface area contributed by atoms with Crippen LogP contribution in [0.5, 0.6) is 0 Å². The van der Waals surface area contributed by atoms with Gasteiger partial charge in [0, 0.05) is 19.0 Å². The fourth-order valence-electron chi connectivity index (χ4n) is 1.83. The van der Waals surface area contributed by atoms with Crippen LogP contribution in [0.4, 0.5) is 0 Å². The maximum atomic E-state index is 11.8. The van der Waals surface area contributed by atoms with Gasteiger partial charge in [-0.05, 0) is 0 Å². The Morgan fingerprint density at radius 2 is 2.18 bits per heavy atom. The Hall–Kier alpha value is -1.72. The average Bonchev–Trinajstić information content (AvgIpc) is 2.27. The van der Waals surface area contributed by atoms with Crippen molar-refractivity contribution in [2.75, 3.05) is 26.3 Å². The van der Waals surface area contributed by atoms with Crippen molar-refractivity contribution in [1.29, 1.82) is 0 Å². The first-order valence-electron chi connectivity index (χ1n) is 5.56. The molecule has 2 aliphatic rings. The maximum Gasteiger partial charge on any atom is 0.306 e. The van der Waals surface area contributed by atoms with Gasteiger partial charge in [-0.1, -0.05) is 6.92 Å². The first-order chi connectivity index (χ1) is 8.09. The predicted octanol–water partition coefficient (Wildman–Crippen LogP) is 0.0537. The van der Waals surface area contributed by atoms with Gasteiger partial charge in [0.05, 0.1) is 5.92 Å². The molecule has 1 amide bonds. The molecule has 17 heavy (non-hydrogen) atoms. The van der Waals surface area contributed by atoms with Gasteiger partial charge in [0.15, 0.2) is 0 Å². The second kappa shape index (κ2) is 4.65. The minimum atomic E-state index is -0.821. The summed E-state index contributed by atoms with van der Waals surface area (Å²) in [4.78, 5) is 24.1. The summed E-state index contributed by atoms with van der Waals surface area (Å²) in [5, 5.41) is 8.83. The summed E-state index contributed by atoms with van der Waals surface area (Å²) in [6.45, 7) is 3.42. The van der Waals surface area contributed by atoms with E-state index in [4.69, 9.17) is 14.6 Å². The minimum Gasteiger partial charge on any atom is -0.494 e. The molecule has 1 saturated heterocycles. The molecule has 1 fully saturated rings. The quantitative estimate of drug-likeness (QED) is 0.755. The van der Waals surface area contributed by atoms with Crippen LogP contribution < -0.4 is 0 Å². The molecule has 1 atom stereocenters. The Bertz CT molecular complexity index is 359. The Morgan fingerprint density at radius 1 is 1.47 bits per heavy atom. The van der Waals surface area contributed by atoms with Crippen LogP contribution in [0.15, 0.2) is 12.0 Å². The second-order valence-corrected chi connectivity index (χ2v) is 4.30. The molecule has 0 saturated carbocycles. The number of rotatable bonds is 3. The fraction of sp³-hybridized carbons (Fsp3) is 0.636. The molecule has 94 valence electrons. The molecule has 1 N–H and O–H groups in total. The number of ether oxygens (including phenoxy) is 2. The van der Waals surface area contributed by atoms with Crippen LogP contribution in [0.2, 0.25) is 0 Å². The molecule has 2 heterocycles. The lowest BCUT2D eigenvalue weighted by molar-refractivity contribution is -0.150. The van der Waals surface area contributed by atoms with E-state index >= 15 is 0 Å². The standard InChI is InChI=1S/C11H15NO5/c1-7(11(14)15)8-4-12(5-8)10(13)9-6-16-2-3-17-9/h6-8H,2-5H2,1H3,(H,14,15). The van der Waals surface area contributed by atoms with Crippen molar-refractivity contribution in [3.63, 3.8) is 0 Å². The van der Waals surface area contributed by atoms with Crippen molar-refractivity contribution in [2.45, 2.75) is 6.92 Å². The van der Waals surface area contributed by atoms with Crippen LogP contribution >= 0.6 is 0 Å². The summed E-state index contributed by atoms with van der Waals surface area (Å²) >= 11 is 0. The molecule has 0 aromatic heterocycles. The third-order valence-corrected chi connectivity index (χ3v) is 3.15. The van der Waals surface area contributed by atoms with Gasteiger partial charge in [0.1, 0.15) is 19.5 Å². The minimum absolute atomic E-state index is 0.0292. The van der Waals surface area contributed by atoms with Gasteiger partial charge in [-0.2, -0.15) is 0 Å². The Labute approximate surface area is 98.8 Å². The van der Waals surface area contributed by atoms with Crippen LogP contribution in [-0.4, -0.2) is 48.2 Å². The van der Waals surface area contributed by atoms with Crippen LogP contribution in [0.25, 0.3) is 0 Å². The zero-order valence-electron chi connectivity index (χ0n) is 9.59. The Morgan fingerprint density at radius 3 is 2.71 bits per heavy atom. The number of likely N-dealkylation sites (tertiary alicyclic amines) is 1. The lowest BCUT2D eigenvalue weighted by atomic mass is 9.87. The molecule has 2 aliphatic heterocycles. The van der Waals surface area contributed by atoms with Crippen molar-refractivity contribution in [1.82, 2.24) is 4.90 Å². The highest BCUT2D eigenvalue weighted by Gasteiger charge is 2.38. The molecule has 6 nitrogen and oxygen atoms in total. The highest BCUT2D eigenvalue weighted by Crippen LogP contribution is 2.25. The molecular formula is C11H15NO5. The number of carbonyl (C=O) groups excluding carboxylic acids is 1. The van der Waals surface area contributed by atoms with E-state index in [2.05, 4.69) is 0 Å². The maximum absolute atomic E-state index is 11.8. The van der Waals surface area contributed by atoms with Crippen LogP contribution in [0, 0.1) is 11.8 Å². The number of amides is 1. The van der Waals surface area contributed by atoms with E-state index in [0.29, 0.717) is 26.3 Å². The van der Waals surface area contributed by atoms with Crippen molar-refractivity contribution in [3.05, 3.63) is 12.0 Å². The van der Waals surface area contributed by atoms with Crippen LogP contribution in [-0.2, 0) is 19.1 Å². The molecular weight excluding hydrogens is 226 g/mol. The van der Waals surface area contributed by atoms with E-state index in [1.165, 1.54) is 6.26 Å². The smallest absolute Gasteiger partial charge is 0.306 e. The molecule has 0 aromatic carbocycles. The van der Waals surface area contributed by atoms with Crippen LogP contribution in [0.3, 0.4) is 0 Å². The van der Waals surface area contributed by atoms with E-state index in [1.54, 1.807) is 11.8 Å². The van der Waals surface area contributed by atoms with E-state index < -0.39 is 11.9 Å². The lowest BCUT2D eigenvalue weighted by Gasteiger charge is -2.41. The molecule has 2 rings (SSSR count). The van der Waals surface area contributed by atoms with Crippen molar-refractivity contribution < 1.29 is 24.2 Å². The van der Waals surface area contributed by atoms with Gasteiger partial charge >= 0.3 is 5.97 Å². The highest BCUT2D eigenvalue weighted by atomic mass is 16.6. The van der Waals surface area contributed by atoms with Crippen molar-refractivity contribution >= 4 is 11.9 Å². The summed E-state index contributed by atoms with van der Waals surface area (Å²) in [6, 6.07) is 0. The summed E-state index contributed by atoms with van der Waals surface area (Å²) in [6.07, 6.45) is 1.32. The number of aliphatic carboxylic acids is 1. The fourth-order valence-corrected chi connectivity index (χ4v) is 1.83. The number of hydrogen-bond donors (Lipinski definition) is 1. The molecule has 0 bridgehead atoms. The largest absolute Gasteiger partial charge is 0.494 e. The van der Waals surface area contributed by atoms with E-state index in [-0.39, 0.29) is 17.6 Å². The van der Waals surface area contributed by atoms with Crippen molar-refractivity contribution in [3.8, 4) is 0 Å². The summed E-state index contributed by atoms with van der Waals surface area (Å²) in [5.41, 5.74) is 0. The summed E-state index contributed by atoms with van der Waals surface area (Å²) in [5.74, 6) is -1.23.